The molecule has 4 rings (SSSR count). The van der Waals surface area contributed by atoms with Gasteiger partial charge in [-0.1, -0.05) is 23.8 Å². The molecule has 2 heterocycles. The van der Waals surface area contributed by atoms with E-state index in [1.165, 1.54) is 12.1 Å². The topological polar surface area (TPSA) is 62.3 Å². The maximum atomic E-state index is 13.1. The van der Waals surface area contributed by atoms with Crippen molar-refractivity contribution in [3.63, 3.8) is 0 Å². The SMILES string of the molecule is Cc1ccc2nccc(C(=O)N3CCC(CCC(=O)NCc4ccc(F)cc4)CC3)c2c1. The van der Waals surface area contributed by atoms with E-state index in [1.807, 2.05) is 36.1 Å². The van der Waals surface area contributed by atoms with Crippen LogP contribution in [0.5, 0.6) is 0 Å². The Kier molecular flexibility index (Phi) is 6.78. The van der Waals surface area contributed by atoms with Gasteiger partial charge in [0.15, 0.2) is 0 Å². The number of carbonyl (C=O) groups is 2. The summed E-state index contributed by atoms with van der Waals surface area (Å²) in [5.74, 6) is 0.217. The van der Waals surface area contributed by atoms with Crippen molar-refractivity contribution in [3.8, 4) is 0 Å². The minimum atomic E-state index is -0.280. The molecule has 6 heteroatoms. The third-order valence-electron chi connectivity index (χ3n) is 6.21. The van der Waals surface area contributed by atoms with Gasteiger partial charge in [-0.25, -0.2) is 4.39 Å². The number of rotatable bonds is 6. The molecule has 1 fully saturated rings. The number of likely N-dealkylation sites (tertiary alicyclic amines) is 1. The molecule has 1 aliphatic heterocycles. The highest BCUT2D eigenvalue weighted by molar-refractivity contribution is 6.06. The predicted octanol–water partition coefficient (Wildman–Crippen LogP) is 4.63. The molecule has 3 aromatic rings. The number of aryl methyl sites for hydroxylation is 1. The molecule has 1 N–H and O–H groups in total. The van der Waals surface area contributed by atoms with Crippen LogP contribution in [0.4, 0.5) is 4.39 Å². The fourth-order valence-electron chi connectivity index (χ4n) is 4.27. The minimum absolute atomic E-state index is 0.00598. The van der Waals surface area contributed by atoms with Crippen molar-refractivity contribution in [2.24, 2.45) is 5.92 Å². The standard InChI is InChI=1S/C26H28FN3O2/c1-18-2-8-24-23(16-18)22(10-13-28-24)26(32)30-14-11-19(12-15-30)5-9-25(31)29-17-20-3-6-21(27)7-4-20/h2-4,6-8,10,13,16,19H,5,9,11-12,14-15,17H2,1H3,(H,29,31). The van der Waals surface area contributed by atoms with Crippen LogP contribution in [0, 0.1) is 18.7 Å². The number of nitrogens with one attached hydrogen (secondary N) is 1. The molecule has 32 heavy (non-hydrogen) atoms. The van der Waals surface area contributed by atoms with Crippen molar-refractivity contribution in [1.29, 1.82) is 0 Å². The summed E-state index contributed by atoms with van der Waals surface area (Å²) < 4.78 is 13.0. The zero-order valence-electron chi connectivity index (χ0n) is 18.3. The second-order valence-corrected chi connectivity index (χ2v) is 8.56. The molecule has 0 bridgehead atoms. The molecule has 0 atom stereocenters. The molecule has 166 valence electrons. The number of piperidine rings is 1. The predicted molar refractivity (Wildman–Crippen MR) is 123 cm³/mol. The number of fused-ring (bicyclic) bond motifs is 1. The summed E-state index contributed by atoms with van der Waals surface area (Å²) in [5, 5.41) is 3.80. The van der Waals surface area contributed by atoms with E-state index >= 15 is 0 Å². The quantitative estimate of drug-likeness (QED) is 0.617. The van der Waals surface area contributed by atoms with E-state index in [-0.39, 0.29) is 17.6 Å². The number of amides is 2. The van der Waals surface area contributed by atoms with Crippen LogP contribution in [0.1, 0.15) is 47.2 Å². The van der Waals surface area contributed by atoms with E-state index in [2.05, 4.69) is 10.3 Å². The highest BCUT2D eigenvalue weighted by Gasteiger charge is 2.25. The van der Waals surface area contributed by atoms with Crippen molar-refractivity contribution in [2.75, 3.05) is 13.1 Å². The normalized spacial score (nSPS) is 14.5. The first kappa shape index (κ1) is 21.9. The summed E-state index contributed by atoms with van der Waals surface area (Å²) in [6.45, 7) is 3.83. The third-order valence-corrected chi connectivity index (χ3v) is 6.21. The molecule has 0 unspecified atom stereocenters. The molecule has 0 spiro atoms. The first-order chi connectivity index (χ1) is 15.5. The molecule has 0 saturated carbocycles. The molecule has 2 amide bonds. The number of benzene rings is 2. The van der Waals surface area contributed by atoms with Crippen LogP contribution in [-0.2, 0) is 11.3 Å². The summed E-state index contributed by atoms with van der Waals surface area (Å²) in [5.41, 5.74) is 3.53. The van der Waals surface area contributed by atoms with Crippen LogP contribution >= 0.6 is 0 Å². The Morgan fingerprint density at radius 1 is 1.09 bits per heavy atom. The molecule has 1 aliphatic rings. The fourth-order valence-corrected chi connectivity index (χ4v) is 4.27. The van der Waals surface area contributed by atoms with Gasteiger partial charge < -0.3 is 10.2 Å². The zero-order valence-corrected chi connectivity index (χ0v) is 18.3. The van der Waals surface area contributed by atoms with Crippen molar-refractivity contribution in [3.05, 3.63) is 77.2 Å². The number of carbonyl (C=O) groups excluding carboxylic acids is 2. The lowest BCUT2D eigenvalue weighted by molar-refractivity contribution is -0.121. The lowest BCUT2D eigenvalue weighted by Crippen LogP contribution is -2.38. The lowest BCUT2D eigenvalue weighted by Gasteiger charge is -2.32. The van der Waals surface area contributed by atoms with Gasteiger partial charge in [0.05, 0.1) is 11.1 Å². The molecule has 1 saturated heterocycles. The molecule has 2 aromatic carbocycles. The highest BCUT2D eigenvalue weighted by atomic mass is 19.1. The minimum Gasteiger partial charge on any atom is -0.352 e. The maximum absolute atomic E-state index is 13.1. The summed E-state index contributed by atoms with van der Waals surface area (Å²) in [7, 11) is 0. The number of nitrogens with zero attached hydrogens (tertiary/aromatic N) is 2. The molecular formula is C26H28FN3O2. The Balaban J connectivity index is 1.25. The second kappa shape index (κ2) is 9.90. The first-order valence-electron chi connectivity index (χ1n) is 11.2. The highest BCUT2D eigenvalue weighted by Crippen LogP contribution is 2.25. The van der Waals surface area contributed by atoms with Gasteiger partial charge in [-0.3, -0.25) is 14.6 Å². The van der Waals surface area contributed by atoms with E-state index in [0.717, 1.165) is 41.3 Å². The van der Waals surface area contributed by atoms with Crippen LogP contribution in [0.3, 0.4) is 0 Å². The van der Waals surface area contributed by atoms with E-state index in [1.54, 1.807) is 18.3 Å². The second-order valence-electron chi connectivity index (χ2n) is 8.56. The van der Waals surface area contributed by atoms with Crippen molar-refractivity contribution >= 4 is 22.7 Å². The Bertz CT molecular complexity index is 1110. The number of hydrogen-bond donors (Lipinski definition) is 1. The van der Waals surface area contributed by atoms with Gasteiger partial charge in [-0.2, -0.15) is 0 Å². The van der Waals surface area contributed by atoms with Crippen molar-refractivity contribution in [2.45, 2.75) is 39.2 Å². The van der Waals surface area contributed by atoms with Crippen molar-refractivity contribution in [1.82, 2.24) is 15.2 Å². The molecule has 1 aromatic heterocycles. The van der Waals surface area contributed by atoms with E-state index < -0.39 is 0 Å². The van der Waals surface area contributed by atoms with Gasteiger partial charge in [0.1, 0.15) is 5.82 Å². The number of aromatic nitrogens is 1. The number of pyridine rings is 1. The van der Waals surface area contributed by atoms with Gasteiger partial charge in [0, 0.05) is 37.6 Å². The average molecular weight is 434 g/mol. The maximum Gasteiger partial charge on any atom is 0.254 e. The third kappa shape index (κ3) is 5.31. The summed E-state index contributed by atoms with van der Waals surface area (Å²) in [4.78, 5) is 31.6. The Hall–Kier alpha value is -3.28. The molecule has 0 aliphatic carbocycles. The number of hydrogen-bond acceptors (Lipinski definition) is 3. The summed E-state index contributed by atoms with van der Waals surface area (Å²) >= 11 is 0. The first-order valence-corrected chi connectivity index (χ1v) is 11.2. The van der Waals surface area contributed by atoms with Gasteiger partial charge in [0.2, 0.25) is 5.91 Å². The monoisotopic (exact) mass is 433 g/mol. The van der Waals surface area contributed by atoms with E-state index in [9.17, 15) is 14.0 Å². The van der Waals surface area contributed by atoms with E-state index in [4.69, 9.17) is 0 Å². The molecule has 5 nitrogen and oxygen atoms in total. The molecular weight excluding hydrogens is 405 g/mol. The van der Waals surface area contributed by atoms with Crippen LogP contribution in [0.25, 0.3) is 10.9 Å². The van der Waals surface area contributed by atoms with Crippen LogP contribution < -0.4 is 5.32 Å². The van der Waals surface area contributed by atoms with Gasteiger partial charge in [0.25, 0.3) is 5.91 Å². The fraction of sp³-hybridized carbons (Fsp3) is 0.346. The van der Waals surface area contributed by atoms with Crippen molar-refractivity contribution < 1.29 is 14.0 Å². The lowest BCUT2D eigenvalue weighted by atomic mass is 9.91. The van der Waals surface area contributed by atoms with Crippen LogP contribution in [0.15, 0.2) is 54.7 Å². The Morgan fingerprint density at radius 3 is 2.59 bits per heavy atom. The summed E-state index contributed by atoms with van der Waals surface area (Å²) in [6.07, 6.45) is 4.78. The van der Waals surface area contributed by atoms with Gasteiger partial charge in [-0.05, 0) is 68.0 Å². The molecule has 0 radical (unpaired) electrons. The zero-order chi connectivity index (χ0) is 22.5. The van der Waals surface area contributed by atoms with Gasteiger partial charge in [-0.15, -0.1) is 0 Å². The van der Waals surface area contributed by atoms with Crippen LogP contribution in [-0.4, -0.2) is 34.8 Å². The Labute approximate surface area is 187 Å². The Morgan fingerprint density at radius 2 is 1.84 bits per heavy atom. The van der Waals surface area contributed by atoms with Gasteiger partial charge >= 0.3 is 0 Å². The summed E-state index contributed by atoms with van der Waals surface area (Å²) in [6, 6.07) is 13.9. The average Bonchev–Trinajstić information content (AvgIpc) is 2.82. The van der Waals surface area contributed by atoms with Crippen LogP contribution in [0.2, 0.25) is 0 Å². The number of halogens is 1. The largest absolute Gasteiger partial charge is 0.352 e. The van der Waals surface area contributed by atoms with E-state index in [0.29, 0.717) is 37.5 Å². The smallest absolute Gasteiger partial charge is 0.254 e.